The van der Waals surface area contributed by atoms with Crippen molar-refractivity contribution in [2.75, 3.05) is 0 Å². The van der Waals surface area contributed by atoms with E-state index in [1.807, 2.05) is 32.9 Å². The highest BCUT2D eigenvalue weighted by Gasteiger charge is 2.58. The number of aliphatic hydroxyl groups is 1. The predicted molar refractivity (Wildman–Crippen MR) is 90.8 cm³/mol. The van der Waals surface area contributed by atoms with Crippen LogP contribution in [0.15, 0.2) is 12.1 Å². The first-order chi connectivity index (χ1) is 10.6. The van der Waals surface area contributed by atoms with Crippen molar-refractivity contribution in [3.05, 3.63) is 28.8 Å². The van der Waals surface area contributed by atoms with E-state index in [0.717, 1.165) is 23.1 Å². The largest absolute Gasteiger partial charge is 0.507 e. The van der Waals surface area contributed by atoms with Crippen molar-refractivity contribution in [3.8, 4) is 5.75 Å². The van der Waals surface area contributed by atoms with Gasteiger partial charge in [-0.1, -0.05) is 39.8 Å². The van der Waals surface area contributed by atoms with Gasteiger partial charge >= 0.3 is 0 Å². The van der Waals surface area contributed by atoms with Crippen molar-refractivity contribution in [1.82, 2.24) is 0 Å². The highest BCUT2D eigenvalue weighted by atomic mass is 16.3. The topological polar surface area (TPSA) is 57.5 Å². The molecule has 1 aromatic rings. The van der Waals surface area contributed by atoms with E-state index < -0.39 is 11.5 Å². The summed E-state index contributed by atoms with van der Waals surface area (Å²) in [6.45, 7) is 10.4. The zero-order valence-corrected chi connectivity index (χ0v) is 14.8. The molecule has 1 aromatic carbocycles. The maximum atomic E-state index is 12.9. The van der Waals surface area contributed by atoms with Gasteiger partial charge in [0.15, 0.2) is 0 Å². The molecular formula is C20H28O3. The molecular weight excluding hydrogens is 288 g/mol. The number of Topliss-reactive ketones (excluding diaryl/α,β-unsaturated/α-hetero) is 1. The van der Waals surface area contributed by atoms with E-state index >= 15 is 0 Å². The van der Waals surface area contributed by atoms with Gasteiger partial charge in [-0.3, -0.25) is 4.79 Å². The summed E-state index contributed by atoms with van der Waals surface area (Å²) in [5.74, 6) is 0.570. The van der Waals surface area contributed by atoms with Crippen LogP contribution in [0.4, 0.5) is 0 Å². The molecule has 0 saturated heterocycles. The number of benzene rings is 1. The van der Waals surface area contributed by atoms with Gasteiger partial charge in [-0.25, -0.2) is 0 Å². The van der Waals surface area contributed by atoms with Crippen molar-refractivity contribution >= 4 is 5.78 Å². The molecule has 0 heterocycles. The summed E-state index contributed by atoms with van der Waals surface area (Å²) in [4.78, 5) is 12.9. The Bertz CT molecular complexity index is 659. The number of rotatable bonds is 1. The van der Waals surface area contributed by atoms with E-state index in [9.17, 15) is 15.0 Å². The number of phenolic OH excluding ortho intramolecular Hbond substituents is 1. The molecule has 0 aromatic heterocycles. The number of hydrogen-bond donors (Lipinski definition) is 2. The minimum Gasteiger partial charge on any atom is -0.507 e. The minimum absolute atomic E-state index is 0.0912. The molecule has 3 heteroatoms. The van der Waals surface area contributed by atoms with Crippen LogP contribution in [0.1, 0.15) is 70.1 Å². The Hall–Kier alpha value is -1.35. The Morgan fingerprint density at radius 2 is 1.87 bits per heavy atom. The van der Waals surface area contributed by atoms with Gasteiger partial charge in [0.1, 0.15) is 11.5 Å². The molecule has 3 rings (SSSR count). The van der Waals surface area contributed by atoms with E-state index in [1.165, 1.54) is 0 Å². The Labute approximate surface area is 138 Å². The van der Waals surface area contributed by atoms with Crippen LogP contribution in [0, 0.1) is 11.3 Å². The molecule has 0 radical (unpaired) electrons. The minimum atomic E-state index is -0.707. The standard InChI is InChI=1S/C20H28O3/c1-11(2)12-6-7-14-13(17(12)23)10-15(21)18-19(3,4)9-8-16(22)20(14,18)5/h6-7,11,15,18,21,23H,8-10H2,1-5H3. The van der Waals surface area contributed by atoms with Crippen LogP contribution in [0.25, 0.3) is 0 Å². The SMILES string of the molecule is CC(C)c1ccc2c(c1O)CC(O)C1C(C)(C)CCC(=O)C21C. The first-order valence-electron chi connectivity index (χ1n) is 8.67. The summed E-state index contributed by atoms with van der Waals surface area (Å²) >= 11 is 0. The number of phenols is 1. The van der Waals surface area contributed by atoms with Gasteiger partial charge < -0.3 is 10.2 Å². The van der Waals surface area contributed by atoms with E-state index in [2.05, 4.69) is 13.8 Å². The molecule has 3 unspecified atom stereocenters. The molecule has 3 atom stereocenters. The fourth-order valence-electron chi connectivity index (χ4n) is 5.17. The fourth-order valence-corrected chi connectivity index (χ4v) is 5.17. The smallest absolute Gasteiger partial charge is 0.143 e. The lowest BCUT2D eigenvalue weighted by Crippen LogP contribution is -2.58. The average molecular weight is 316 g/mol. The molecule has 0 bridgehead atoms. The molecule has 0 amide bonds. The highest BCUT2D eigenvalue weighted by molar-refractivity contribution is 5.92. The Kier molecular flexibility index (Phi) is 3.64. The number of carbonyl (C=O) groups excluding carboxylic acids is 1. The van der Waals surface area contributed by atoms with Crippen molar-refractivity contribution in [1.29, 1.82) is 0 Å². The molecule has 1 saturated carbocycles. The Balaban J connectivity index is 2.25. The third-order valence-electron chi connectivity index (χ3n) is 6.33. The predicted octanol–water partition coefficient (Wildman–Crippen LogP) is 3.70. The summed E-state index contributed by atoms with van der Waals surface area (Å²) < 4.78 is 0. The molecule has 0 spiro atoms. The number of ketones is 1. The first-order valence-corrected chi connectivity index (χ1v) is 8.67. The normalized spacial score (nSPS) is 32.6. The van der Waals surface area contributed by atoms with Crippen molar-refractivity contribution in [2.45, 2.75) is 71.3 Å². The van der Waals surface area contributed by atoms with Gasteiger partial charge in [-0.05, 0) is 35.8 Å². The van der Waals surface area contributed by atoms with Crippen LogP contribution in [0.5, 0.6) is 5.75 Å². The number of aromatic hydroxyl groups is 1. The van der Waals surface area contributed by atoms with Crippen molar-refractivity contribution in [2.24, 2.45) is 11.3 Å². The molecule has 2 aliphatic rings. The lowest BCUT2D eigenvalue weighted by atomic mass is 9.49. The summed E-state index contributed by atoms with van der Waals surface area (Å²) in [7, 11) is 0. The third-order valence-corrected chi connectivity index (χ3v) is 6.33. The monoisotopic (exact) mass is 316 g/mol. The summed E-state index contributed by atoms with van der Waals surface area (Å²) in [5.41, 5.74) is 1.79. The van der Waals surface area contributed by atoms with Gasteiger partial charge in [0.2, 0.25) is 0 Å². The molecule has 3 nitrogen and oxygen atoms in total. The molecule has 126 valence electrons. The number of aliphatic hydroxyl groups excluding tert-OH is 1. The van der Waals surface area contributed by atoms with Gasteiger partial charge in [-0.15, -0.1) is 0 Å². The van der Waals surface area contributed by atoms with Crippen LogP contribution in [0.3, 0.4) is 0 Å². The second kappa shape index (κ2) is 5.07. The zero-order chi connectivity index (χ0) is 17.2. The summed E-state index contributed by atoms with van der Waals surface area (Å²) in [6, 6.07) is 3.97. The van der Waals surface area contributed by atoms with Crippen LogP contribution in [0.2, 0.25) is 0 Å². The number of fused-ring (bicyclic) bond motifs is 3. The number of carbonyl (C=O) groups is 1. The molecule has 23 heavy (non-hydrogen) atoms. The van der Waals surface area contributed by atoms with Crippen molar-refractivity contribution < 1.29 is 15.0 Å². The maximum absolute atomic E-state index is 12.9. The Morgan fingerprint density at radius 3 is 2.48 bits per heavy atom. The Morgan fingerprint density at radius 1 is 1.22 bits per heavy atom. The van der Waals surface area contributed by atoms with Crippen LogP contribution in [-0.4, -0.2) is 22.1 Å². The maximum Gasteiger partial charge on any atom is 0.143 e. The van der Waals surface area contributed by atoms with E-state index in [4.69, 9.17) is 0 Å². The van der Waals surface area contributed by atoms with Crippen LogP contribution in [-0.2, 0) is 16.6 Å². The summed E-state index contributed by atoms with van der Waals surface area (Å²) in [6.07, 6.45) is 1.19. The van der Waals surface area contributed by atoms with Crippen molar-refractivity contribution in [3.63, 3.8) is 0 Å². The lowest BCUT2D eigenvalue weighted by Gasteiger charge is -2.55. The van der Waals surface area contributed by atoms with Gasteiger partial charge in [0.25, 0.3) is 0 Å². The van der Waals surface area contributed by atoms with Gasteiger partial charge in [0.05, 0.1) is 11.5 Å². The average Bonchev–Trinajstić information content (AvgIpc) is 2.44. The quantitative estimate of drug-likeness (QED) is 0.830. The van der Waals surface area contributed by atoms with Gasteiger partial charge in [-0.2, -0.15) is 0 Å². The van der Waals surface area contributed by atoms with E-state index in [1.54, 1.807) is 0 Å². The lowest BCUT2D eigenvalue weighted by molar-refractivity contribution is -0.140. The van der Waals surface area contributed by atoms with Crippen LogP contribution < -0.4 is 0 Å². The van der Waals surface area contributed by atoms with Crippen LogP contribution >= 0.6 is 0 Å². The molecule has 0 aliphatic heterocycles. The zero-order valence-electron chi connectivity index (χ0n) is 14.8. The first kappa shape index (κ1) is 16.5. The highest BCUT2D eigenvalue weighted by Crippen LogP contribution is 2.57. The second-order valence-electron chi connectivity index (χ2n) is 8.55. The van der Waals surface area contributed by atoms with E-state index in [-0.39, 0.29) is 28.8 Å². The fraction of sp³-hybridized carbons (Fsp3) is 0.650. The third kappa shape index (κ3) is 2.16. The second-order valence-corrected chi connectivity index (χ2v) is 8.55. The molecule has 2 aliphatic carbocycles. The summed E-state index contributed by atoms with van der Waals surface area (Å²) in [5, 5.41) is 21.6. The van der Waals surface area contributed by atoms with E-state index in [0.29, 0.717) is 12.8 Å². The molecule has 1 fully saturated rings. The molecule has 2 N–H and O–H groups in total. The number of hydrogen-bond acceptors (Lipinski definition) is 3. The van der Waals surface area contributed by atoms with Gasteiger partial charge in [0, 0.05) is 24.3 Å².